The van der Waals surface area contributed by atoms with E-state index in [4.69, 9.17) is 5.73 Å². The van der Waals surface area contributed by atoms with Crippen molar-refractivity contribution >= 4 is 18.1 Å². The van der Waals surface area contributed by atoms with Gasteiger partial charge in [-0.15, -0.1) is 12.4 Å². The average Bonchev–Trinajstić information content (AvgIpc) is 2.45. The molecule has 0 aliphatic heterocycles. The highest BCUT2D eigenvalue weighted by Crippen LogP contribution is 2.30. The van der Waals surface area contributed by atoms with E-state index < -0.39 is 0 Å². The molecule has 114 valence electrons. The Kier molecular flexibility index (Phi) is 6.25. The quantitative estimate of drug-likeness (QED) is 0.854. The molecule has 0 amide bonds. The van der Waals surface area contributed by atoms with Crippen LogP contribution in [0.4, 0.5) is 5.69 Å². The third-order valence-electron chi connectivity index (χ3n) is 3.54. The molecular weight excluding hydrogens is 280 g/mol. The lowest BCUT2D eigenvalue weighted by atomic mass is 9.83. The Hall–Kier alpha value is -1.51. The van der Waals surface area contributed by atoms with E-state index in [1.54, 1.807) is 0 Å². The summed E-state index contributed by atoms with van der Waals surface area (Å²) >= 11 is 0. The van der Waals surface area contributed by atoms with E-state index in [1.165, 1.54) is 11.1 Å². The Balaban J connectivity index is 0.00000220. The van der Waals surface area contributed by atoms with Crippen molar-refractivity contribution in [3.05, 3.63) is 65.7 Å². The summed E-state index contributed by atoms with van der Waals surface area (Å²) in [5, 5.41) is 3.43. The summed E-state index contributed by atoms with van der Waals surface area (Å²) in [6.07, 6.45) is 0. The molecule has 2 nitrogen and oxygen atoms in total. The Morgan fingerprint density at radius 2 is 1.52 bits per heavy atom. The van der Waals surface area contributed by atoms with Gasteiger partial charge in [0, 0.05) is 18.3 Å². The largest absolute Gasteiger partial charge is 0.381 e. The maximum atomic E-state index is 6.27. The van der Waals surface area contributed by atoms with Crippen molar-refractivity contribution in [2.45, 2.75) is 33.4 Å². The van der Waals surface area contributed by atoms with Crippen molar-refractivity contribution in [1.29, 1.82) is 0 Å². The highest BCUT2D eigenvalue weighted by atomic mass is 35.5. The third-order valence-corrected chi connectivity index (χ3v) is 3.54. The lowest BCUT2D eigenvalue weighted by Gasteiger charge is -2.27. The van der Waals surface area contributed by atoms with Crippen LogP contribution in [0.5, 0.6) is 0 Å². The number of halogens is 1. The van der Waals surface area contributed by atoms with Gasteiger partial charge < -0.3 is 11.1 Å². The van der Waals surface area contributed by atoms with Crippen molar-refractivity contribution in [2.24, 2.45) is 11.1 Å². The fraction of sp³-hybridized carbons (Fsp3) is 0.333. The number of benzene rings is 2. The van der Waals surface area contributed by atoms with Crippen LogP contribution in [0.1, 0.15) is 37.9 Å². The van der Waals surface area contributed by atoms with Crippen molar-refractivity contribution in [1.82, 2.24) is 0 Å². The van der Waals surface area contributed by atoms with E-state index in [1.807, 2.05) is 6.07 Å². The molecule has 2 aromatic rings. The number of anilines is 1. The number of nitrogens with two attached hydrogens (primary N) is 1. The van der Waals surface area contributed by atoms with Gasteiger partial charge in [0.1, 0.15) is 0 Å². The van der Waals surface area contributed by atoms with Crippen LogP contribution in [0.3, 0.4) is 0 Å². The smallest absolute Gasteiger partial charge is 0.0400 e. The van der Waals surface area contributed by atoms with E-state index in [9.17, 15) is 0 Å². The van der Waals surface area contributed by atoms with Gasteiger partial charge in [0.05, 0.1) is 0 Å². The molecule has 1 atom stereocenters. The molecule has 0 bridgehead atoms. The van der Waals surface area contributed by atoms with Gasteiger partial charge in [-0.2, -0.15) is 0 Å². The summed E-state index contributed by atoms with van der Waals surface area (Å²) in [7, 11) is 0. The van der Waals surface area contributed by atoms with E-state index in [2.05, 4.69) is 74.6 Å². The molecular formula is C18H25ClN2. The van der Waals surface area contributed by atoms with E-state index in [0.717, 1.165) is 12.2 Å². The minimum Gasteiger partial charge on any atom is -0.381 e. The minimum absolute atomic E-state index is 0. The lowest BCUT2D eigenvalue weighted by Crippen LogP contribution is -2.26. The molecule has 0 aliphatic carbocycles. The summed E-state index contributed by atoms with van der Waals surface area (Å²) in [5.41, 5.74) is 9.94. The second-order valence-electron chi connectivity index (χ2n) is 6.30. The highest BCUT2D eigenvalue weighted by Gasteiger charge is 2.21. The Labute approximate surface area is 134 Å². The minimum atomic E-state index is 0. The topological polar surface area (TPSA) is 38.0 Å². The standard InChI is InChI=1S/C18H24N2.ClH/c1-18(2,3)17(19)15-9-11-16(12-10-15)20-13-14-7-5-4-6-8-14;/h4-12,17,20H,13,19H2,1-3H3;1H/t17-;/m1./s1. The van der Waals surface area contributed by atoms with Crippen molar-refractivity contribution in [2.75, 3.05) is 5.32 Å². The maximum absolute atomic E-state index is 6.27. The molecule has 3 N–H and O–H groups in total. The first-order valence-electron chi connectivity index (χ1n) is 7.10. The molecule has 0 saturated heterocycles. The predicted octanol–water partition coefficient (Wildman–Crippen LogP) is 4.77. The average molecular weight is 305 g/mol. The zero-order valence-corrected chi connectivity index (χ0v) is 13.8. The highest BCUT2D eigenvalue weighted by molar-refractivity contribution is 5.85. The number of nitrogens with one attached hydrogen (secondary N) is 1. The summed E-state index contributed by atoms with van der Waals surface area (Å²) in [4.78, 5) is 0. The predicted molar refractivity (Wildman–Crippen MR) is 93.8 cm³/mol. The fourth-order valence-electron chi connectivity index (χ4n) is 2.11. The molecule has 0 heterocycles. The zero-order chi connectivity index (χ0) is 14.6. The number of hydrogen-bond donors (Lipinski definition) is 2. The molecule has 2 rings (SSSR count). The molecule has 0 radical (unpaired) electrons. The van der Waals surface area contributed by atoms with Crippen molar-refractivity contribution < 1.29 is 0 Å². The van der Waals surface area contributed by atoms with E-state index in [-0.39, 0.29) is 23.9 Å². The van der Waals surface area contributed by atoms with Gasteiger partial charge in [-0.25, -0.2) is 0 Å². The molecule has 0 fully saturated rings. The normalized spacial score (nSPS) is 12.4. The van der Waals surface area contributed by atoms with E-state index >= 15 is 0 Å². The maximum Gasteiger partial charge on any atom is 0.0400 e. The fourth-order valence-corrected chi connectivity index (χ4v) is 2.11. The first-order chi connectivity index (χ1) is 9.47. The first kappa shape index (κ1) is 17.5. The molecule has 0 unspecified atom stereocenters. The van der Waals surface area contributed by atoms with Crippen LogP contribution in [-0.2, 0) is 6.54 Å². The summed E-state index contributed by atoms with van der Waals surface area (Å²) in [5.74, 6) is 0. The molecule has 0 aliphatic rings. The van der Waals surface area contributed by atoms with Crippen LogP contribution in [0.15, 0.2) is 54.6 Å². The summed E-state index contributed by atoms with van der Waals surface area (Å²) in [6, 6.07) is 18.9. The first-order valence-corrected chi connectivity index (χ1v) is 7.10. The van der Waals surface area contributed by atoms with Crippen LogP contribution in [0, 0.1) is 5.41 Å². The van der Waals surface area contributed by atoms with Gasteiger partial charge in [0.2, 0.25) is 0 Å². The third kappa shape index (κ3) is 5.07. The second-order valence-corrected chi connectivity index (χ2v) is 6.30. The SMILES string of the molecule is CC(C)(C)[C@H](N)c1ccc(NCc2ccccc2)cc1.Cl. The Morgan fingerprint density at radius 3 is 2.05 bits per heavy atom. The van der Waals surface area contributed by atoms with Crippen LogP contribution >= 0.6 is 12.4 Å². The molecule has 3 heteroatoms. The Bertz CT molecular complexity index is 529. The molecule has 0 spiro atoms. The summed E-state index contributed by atoms with van der Waals surface area (Å²) in [6.45, 7) is 7.34. The van der Waals surface area contributed by atoms with Crippen molar-refractivity contribution in [3.8, 4) is 0 Å². The van der Waals surface area contributed by atoms with Gasteiger partial charge in [0.25, 0.3) is 0 Å². The second kappa shape index (κ2) is 7.48. The van der Waals surface area contributed by atoms with Gasteiger partial charge in [-0.3, -0.25) is 0 Å². The molecule has 2 aromatic carbocycles. The molecule has 21 heavy (non-hydrogen) atoms. The van der Waals surface area contributed by atoms with Gasteiger partial charge in [0.15, 0.2) is 0 Å². The van der Waals surface area contributed by atoms with Gasteiger partial charge in [-0.05, 0) is 28.7 Å². The molecule has 0 saturated carbocycles. The van der Waals surface area contributed by atoms with Crippen LogP contribution in [-0.4, -0.2) is 0 Å². The zero-order valence-electron chi connectivity index (χ0n) is 13.0. The monoisotopic (exact) mass is 304 g/mol. The van der Waals surface area contributed by atoms with Gasteiger partial charge >= 0.3 is 0 Å². The Morgan fingerprint density at radius 1 is 0.952 bits per heavy atom. The van der Waals surface area contributed by atoms with Gasteiger partial charge in [-0.1, -0.05) is 63.2 Å². The van der Waals surface area contributed by atoms with E-state index in [0.29, 0.717) is 0 Å². The summed E-state index contributed by atoms with van der Waals surface area (Å²) < 4.78 is 0. The lowest BCUT2D eigenvalue weighted by molar-refractivity contribution is 0.327. The van der Waals surface area contributed by atoms with Crippen LogP contribution in [0.25, 0.3) is 0 Å². The molecule has 0 aromatic heterocycles. The number of rotatable bonds is 4. The van der Waals surface area contributed by atoms with Crippen LogP contribution < -0.4 is 11.1 Å². The van der Waals surface area contributed by atoms with Crippen LogP contribution in [0.2, 0.25) is 0 Å². The van der Waals surface area contributed by atoms with Crippen molar-refractivity contribution in [3.63, 3.8) is 0 Å². The number of hydrogen-bond acceptors (Lipinski definition) is 2.